The number of hydrogen-bond donors (Lipinski definition) is 0. The van der Waals surface area contributed by atoms with E-state index in [1.807, 2.05) is 42.7 Å². The smallest absolute Gasteiger partial charge is 0.310 e. The molecule has 172 valence electrons. The van der Waals surface area contributed by atoms with Crippen LogP contribution >= 0.6 is 0 Å². The Hall–Kier alpha value is -3.08. The van der Waals surface area contributed by atoms with Crippen LogP contribution in [0.3, 0.4) is 0 Å². The van der Waals surface area contributed by atoms with Gasteiger partial charge in [0.2, 0.25) is 0 Å². The monoisotopic (exact) mass is 446 g/mol. The normalized spacial score (nSPS) is 19.2. The Kier molecular flexibility index (Phi) is 6.08. The fourth-order valence-electron chi connectivity index (χ4n) is 4.50. The lowest BCUT2D eigenvalue weighted by molar-refractivity contribution is -0.147. The average molecular weight is 447 g/mol. The molecule has 0 unspecified atom stereocenters. The van der Waals surface area contributed by atoms with Crippen LogP contribution in [-0.2, 0) is 28.0 Å². The van der Waals surface area contributed by atoms with Gasteiger partial charge in [-0.3, -0.25) is 4.79 Å². The predicted molar refractivity (Wildman–Crippen MR) is 126 cm³/mol. The lowest BCUT2D eigenvalue weighted by Crippen LogP contribution is -2.16. The maximum absolute atomic E-state index is 14.3. The fourth-order valence-corrected chi connectivity index (χ4v) is 4.50. The largest absolute Gasteiger partial charge is 0.461 e. The van der Waals surface area contributed by atoms with Gasteiger partial charge in [0.1, 0.15) is 18.2 Å². The van der Waals surface area contributed by atoms with E-state index in [4.69, 9.17) is 4.74 Å². The molecular weight excluding hydrogens is 415 g/mol. The Morgan fingerprint density at radius 3 is 2.33 bits per heavy atom. The number of rotatable bonds is 6. The number of ether oxygens (including phenoxy) is 1. The molecule has 0 aliphatic heterocycles. The topological polar surface area (TPSA) is 52.1 Å². The Morgan fingerprint density at radius 1 is 1.03 bits per heavy atom. The molecule has 1 heterocycles. The first-order chi connectivity index (χ1) is 15.6. The summed E-state index contributed by atoms with van der Waals surface area (Å²) in [6.07, 6.45) is 4.17. The van der Waals surface area contributed by atoms with E-state index in [9.17, 15) is 9.18 Å². The number of halogens is 1. The predicted octanol–water partition coefficient (Wildman–Crippen LogP) is 5.99. The van der Waals surface area contributed by atoms with Crippen molar-refractivity contribution in [2.75, 3.05) is 0 Å². The van der Waals surface area contributed by atoms with Crippen LogP contribution in [0.1, 0.15) is 68.6 Å². The molecule has 0 amide bonds. The Balaban J connectivity index is 1.41. The van der Waals surface area contributed by atoms with Crippen molar-refractivity contribution in [2.45, 2.75) is 59.0 Å². The van der Waals surface area contributed by atoms with Gasteiger partial charge in [0.15, 0.2) is 0 Å². The third-order valence-electron chi connectivity index (χ3n) is 6.51. The number of aromatic nitrogens is 2. The van der Waals surface area contributed by atoms with Crippen LogP contribution in [0, 0.1) is 17.2 Å². The summed E-state index contributed by atoms with van der Waals surface area (Å²) < 4.78 is 20.0. The molecule has 1 aliphatic rings. The molecule has 33 heavy (non-hydrogen) atoms. The van der Waals surface area contributed by atoms with Gasteiger partial charge in [-0.2, -0.15) is 0 Å². The Labute approximate surface area is 195 Å². The van der Waals surface area contributed by atoms with Gasteiger partial charge in [-0.15, -0.1) is 0 Å². The van der Waals surface area contributed by atoms with Gasteiger partial charge >= 0.3 is 5.97 Å². The molecule has 0 saturated heterocycles. The van der Waals surface area contributed by atoms with Gasteiger partial charge < -0.3 is 4.74 Å². The van der Waals surface area contributed by atoms with E-state index in [2.05, 4.69) is 44.6 Å². The van der Waals surface area contributed by atoms with E-state index in [0.29, 0.717) is 12.0 Å². The van der Waals surface area contributed by atoms with Crippen LogP contribution in [0.25, 0.3) is 0 Å². The molecular formula is C28H31FN2O2. The van der Waals surface area contributed by atoms with Crippen LogP contribution in [0.2, 0.25) is 0 Å². The summed E-state index contributed by atoms with van der Waals surface area (Å²) in [6.45, 7) is 10.5. The molecule has 1 aliphatic carbocycles. The summed E-state index contributed by atoms with van der Waals surface area (Å²) in [7, 11) is 0. The molecule has 0 bridgehead atoms. The molecule has 2 aromatic carbocycles. The fraction of sp³-hybridized carbons (Fsp3) is 0.393. The molecule has 1 aromatic heterocycles. The second-order valence-corrected chi connectivity index (χ2v) is 10.6. The molecule has 4 rings (SSSR count). The molecule has 2 atom stereocenters. The third-order valence-corrected chi connectivity index (χ3v) is 6.51. The number of esters is 1. The zero-order valence-corrected chi connectivity index (χ0v) is 19.9. The SMILES string of the molecule is CC(C)(C)c1ncc([C@H]2[C@H](C(=O)OCc3ccc(F)c(Cc4ccccc4)c3)C2(C)C)cn1. The van der Waals surface area contributed by atoms with Gasteiger partial charge in [0, 0.05) is 30.1 Å². The van der Waals surface area contributed by atoms with Crippen molar-refractivity contribution in [2.24, 2.45) is 11.3 Å². The van der Waals surface area contributed by atoms with E-state index in [0.717, 1.165) is 22.5 Å². The van der Waals surface area contributed by atoms with Gasteiger partial charge in [-0.05, 0) is 39.8 Å². The number of nitrogens with zero attached hydrogens (tertiary/aromatic N) is 2. The maximum Gasteiger partial charge on any atom is 0.310 e. The highest BCUT2D eigenvalue weighted by molar-refractivity contribution is 5.79. The summed E-state index contributed by atoms with van der Waals surface area (Å²) in [4.78, 5) is 21.9. The minimum absolute atomic E-state index is 0.0286. The van der Waals surface area contributed by atoms with Gasteiger partial charge in [0.25, 0.3) is 0 Å². The highest BCUT2D eigenvalue weighted by atomic mass is 19.1. The summed E-state index contributed by atoms with van der Waals surface area (Å²) in [5.74, 6) is 0.0769. The second-order valence-electron chi connectivity index (χ2n) is 10.6. The molecule has 1 saturated carbocycles. The van der Waals surface area contributed by atoms with Crippen molar-refractivity contribution in [1.82, 2.24) is 9.97 Å². The zero-order valence-electron chi connectivity index (χ0n) is 19.9. The maximum atomic E-state index is 14.3. The first kappa shape index (κ1) is 23.1. The van der Waals surface area contributed by atoms with Crippen LogP contribution in [0.5, 0.6) is 0 Å². The summed E-state index contributed by atoms with van der Waals surface area (Å²) in [5, 5.41) is 0. The molecule has 5 heteroatoms. The molecule has 4 nitrogen and oxygen atoms in total. The number of carbonyl (C=O) groups excluding carboxylic acids is 1. The lowest BCUT2D eigenvalue weighted by Gasteiger charge is -2.16. The molecule has 0 N–H and O–H groups in total. The molecule has 0 spiro atoms. The lowest BCUT2D eigenvalue weighted by atomic mass is 9.95. The molecule has 3 aromatic rings. The summed E-state index contributed by atoms with van der Waals surface area (Å²) in [6, 6.07) is 14.7. The minimum Gasteiger partial charge on any atom is -0.461 e. The molecule has 0 radical (unpaired) electrons. The second kappa shape index (κ2) is 8.69. The Morgan fingerprint density at radius 2 is 1.70 bits per heavy atom. The highest BCUT2D eigenvalue weighted by Crippen LogP contribution is 2.64. The number of hydrogen-bond acceptors (Lipinski definition) is 4. The zero-order chi connectivity index (χ0) is 23.8. The standard InChI is InChI=1S/C28H31FN2O2/c1-27(2,3)26-30-15-21(16-31-26)23-24(28(23,4)5)25(32)33-17-19-11-12-22(29)20(14-19)13-18-9-7-6-8-10-18/h6-12,14-16,23-24H,13,17H2,1-5H3/t23-,24+/m0/s1. The first-order valence-corrected chi connectivity index (χ1v) is 11.4. The van der Waals surface area contributed by atoms with Crippen molar-refractivity contribution in [3.8, 4) is 0 Å². The minimum atomic E-state index is -0.254. The van der Waals surface area contributed by atoms with Crippen LogP contribution < -0.4 is 0 Å². The van der Waals surface area contributed by atoms with Crippen LogP contribution in [0.15, 0.2) is 60.9 Å². The average Bonchev–Trinajstić information content (AvgIpc) is 3.36. The van der Waals surface area contributed by atoms with Crippen LogP contribution in [0.4, 0.5) is 4.39 Å². The van der Waals surface area contributed by atoms with Crippen molar-refractivity contribution in [3.05, 3.63) is 94.8 Å². The number of carbonyl (C=O) groups is 1. The van der Waals surface area contributed by atoms with Crippen molar-refractivity contribution < 1.29 is 13.9 Å². The summed E-state index contributed by atoms with van der Waals surface area (Å²) in [5.41, 5.74) is 3.03. The van der Waals surface area contributed by atoms with E-state index in [1.165, 1.54) is 6.07 Å². The van der Waals surface area contributed by atoms with Crippen molar-refractivity contribution >= 4 is 5.97 Å². The van der Waals surface area contributed by atoms with E-state index >= 15 is 0 Å². The van der Waals surface area contributed by atoms with Crippen molar-refractivity contribution in [3.63, 3.8) is 0 Å². The van der Waals surface area contributed by atoms with E-state index in [1.54, 1.807) is 12.1 Å². The quantitative estimate of drug-likeness (QED) is 0.437. The van der Waals surface area contributed by atoms with Gasteiger partial charge in [-0.25, -0.2) is 14.4 Å². The van der Waals surface area contributed by atoms with E-state index in [-0.39, 0.29) is 41.1 Å². The Bertz CT molecular complexity index is 1130. The summed E-state index contributed by atoms with van der Waals surface area (Å²) >= 11 is 0. The number of benzene rings is 2. The highest BCUT2D eigenvalue weighted by Gasteiger charge is 2.63. The van der Waals surface area contributed by atoms with Gasteiger partial charge in [0.05, 0.1) is 5.92 Å². The van der Waals surface area contributed by atoms with Crippen molar-refractivity contribution in [1.29, 1.82) is 0 Å². The third kappa shape index (κ3) is 4.97. The van der Waals surface area contributed by atoms with Gasteiger partial charge in [-0.1, -0.05) is 71.0 Å². The molecule has 1 fully saturated rings. The van der Waals surface area contributed by atoms with E-state index < -0.39 is 0 Å². The van der Waals surface area contributed by atoms with Crippen LogP contribution in [-0.4, -0.2) is 15.9 Å². The first-order valence-electron chi connectivity index (χ1n) is 11.4.